The van der Waals surface area contributed by atoms with Crippen molar-refractivity contribution in [1.82, 2.24) is 5.32 Å². The van der Waals surface area contributed by atoms with E-state index in [1.165, 1.54) is 225 Å². The molecule has 0 fully saturated rings. The zero-order valence-corrected chi connectivity index (χ0v) is 44.6. The van der Waals surface area contributed by atoms with E-state index < -0.39 is 12.1 Å². The van der Waals surface area contributed by atoms with Crippen LogP contribution in [-0.4, -0.2) is 47.4 Å². The molecule has 0 aliphatic rings. The van der Waals surface area contributed by atoms with Crippen molar-refractivity contribution in [2.75, 3.05) is 13.2 Å². The van der Waals surface area contributed by atoms with Gasteiger partial charge in [0.1, 0.15) is 0 Å². The standard InChI is InChI=1S/C61H113NO5/c1-3-5-7-9-11-13-15-34-37-41-45-49-53-59(64)58(57-63)62-60(65)54-50-46-42-38-35-31-29-27-25-23-21-19-17-16-18-20-22-24-26-28-30-32-36-40-44-48-52-56-67-61(66)55-51-47-43-39-33-14-12-10-8-6-4-2/h10,12,16-17,20,22,49,53,58-59,63-64H,3-9,11,13-15,18-19,21,23-48,50-52,54-57H2,1-2H3,(H,62,65)/b12-10-,17-16-,22-20-,53-49+. The van der Waals surface area contributed by atoms with Crippen molar-refractivity contribution in [2.45, 2.75) is 315 Å². The van der Waals surface area contributed by atoms with Crippen LogP contribution in [0, 0.1) is 0 Å². The van der Waals surface area contributed by atoms with Crippen molar-refractivity contribution in [3.05, 3.63) is 48.6 Å². The minimum absolute atomic E-state index is 0.00152. The molecule has 0 radical (unpaired) electrons. The average Bonchev–Trinajstić information content (AvgIpc) is 3.33. The second-order valence-corrected chi connectivity index (χ2v) is 20.0. The van der Waals surface area contributed by atoms with Gasteiger partial charge in [0.2, 0.25) is 5.91 Å². The Bertz CT molecular complexity index is 1130. The highest BCUT2D eigenvalue weighted by atomic mass is 16.5. The molecule has 67 heavy (non-hydrogen) atoms. The number of aliphatic hydroxyl groups is 2. The smallest absolute Gasteiger partial charge is 0.305 e. The van der Waals surface area contributed by atoms with Gasteiger partial charge < -0.3 is 20.3 Å². The highest BCUT2D eigenvalue weighted by Crippen LogP contribution is 2.16. The van der Waals surface area contributed by atoms with Crippen LogP contribution >= 0.6 is 0 Å². The number of hydrogen-bond donors (Lipinski definition) is 3. The van der Waals surface area contributed by atoms with Crippen LogP contribution in [0.15, 0.2) is 48.6 Å². The zero-order chi connectivity index (χ0) is 48.6. The lowest BCUT2D eigenvalue weighted by molar-refractivity contribution is -0.143. The third kappa shape index (κ3) is 53.0. The van der Waals surface area contributed by atoms with Crippen LogP contribution in [0.5, 0.6) is 0 Å². The quantitative estimate of drug-likeness (QED) is 0.0321. The summed E-state index contributed by atoms with van der Waals surface area (Å²) in [5, 5.41) is 23.0. The molecule has 392 valence electrons. The summed E-state index contributed by atoms with van der Waals surface area (Å²) in [4.78, 5) is 24.4. The maximum Gasteiger partial charge on any atom is 0.305 e. The van der Waals surface area contributed by atoms with Crippen molar-refractivity contribution in [3.63, 3.8) is 0 Å². The monoisotopic (exact) mass is 940 g/mol. The summed E-state index contributed by atoms with van der Waals surface area (Å²) in [6, 6.07) is -0.630. The first-order valence-corrected chi connectivity index (χ1v) is 29.4. The minimum atomic E-state index is -0.846. The first-order valence-electron chi connectivity index (χ1n) is 29.4. The third-order valence-electron chi connectivity index (χ3n) is 13.3. The van der Waals surface area contributed by atoms with Gasteiger partial charge in [0.05, 0.1) is 25.4 Å². The lowest BCUT2D eigenvalue weighted by Crippen LogP contribution is -2.45. The fourth-order valence-corrected chi connectivity index (χ4v) is 8.76. The fourth-order valence-electron chi connectivity index (χ4n) is 8.76. The maximum atomic E-state index is 12.4. The van der Waals surface area contributed by atoms with Crippen molar-refractivity contribution >= 4 is 11.9 Å². The number of ether oxygens (including phenoxy) is 1. The Hall–Kier alpha value is -2.18. The number of rotatable bonds is 54. The summed E-state index contributed by atoms with van der Waals surface area (Å²) in [5.74, 6) is -0.0737. The SMILES string of the molecule is CCCC/C=C\CCCCCCCC(=O)OCCCCCCCCCCC/C=C\C/C=C\CCCCCCCCCCCCCC(=O)NC(CO)C(O)/C=C/CCCCCCCCCCCC. The molecule has 0 aliphatic heterocycles. The normalized spacial score (nSPS) is 13.0. The predicted molar refractivity (Wildman–Crippen MR) is 292 cm³/mol. The predicted octanol–water partition coefficient (Wildman–Crippen LogP) is 18.2. The van der Waals surface area contributed by atoms with E-state index in [4.69, 9.17) is 4.74 Å². The summed E-state index contributed by atoms with van der Waals surface area (Å²) in [6.45, 7) is 4.85. The molecule has 0 aromatic carbocycles. The Morgan fingerprint density at radius 3 is 1.19 bits per heavy atom. The molecule has 0 saturated heterocycles. The number of esters is 1. The van der Waals surface area contributed by atoms with Crippen LogP contribution < -0.4 is 5.32 Å². The van der Waals surface area contributed by atoms with E-state index in [1.54, 1.807) is 6.08 Å². The number of allylic oxidation sites excluding steroid dienone is 7. The highest BCUT2D eigenvalue weighted by molar-refractivity contribution is 5.76. The first-order chi connectivity index (χ1) is 33.0. The number of carbonyl (C=O) groups excluding carboxylic acids is 2. The van der Waals surface area contributed by atoms with E-state index in [0.717, 1.165) is 51.4 Å². The van der Waals surface area contributed by atoms with Crippen LogP contribution in [0.3, 0.4) is 0 Å². The van der Waals surface area contributed by atoms with Crippen LogP contribution in [0.1, 0.15) is 303 Å². The van der Waals surface area contributed by atoms with E-state index in [0.29, 0.717) is 19.4 Å². The Morgan fingerprint density at radius 2 is 0.761 bits per heavy atom. The van der Waals surface area contributed by atoms with E-state index in [1.807, 2.05) is 6.08 Å². The van der Waals surface area contributed by atoms with E-state index in [-0.39, 0.29) is 18.5 Å². The van der Waals surface area contributed by atoms with Gasteiger partial charge in [-0.2, -0.15) is 0 Å². The summed E-state index contributed by atoms with van der Waals surface area (Å²) in [5.41, 5.74) is 0. The summed E-state index contributed by atoms with van der Waals surface area (Å²) in [6.07, 6.45) is 71.5. The molecular weight excluding hydrogens is 827 g/mol. The van der Waals surface area contributed by atoms with Crippen molar-refractivity contribution in [3.8, 4) is 0 Å². The van der Waals surface area contributed by atoms with Crippen LogP contribution in [0.4, 0.5) is 0 Å². The molecule has 2 unspecified atom stereocenters. The highest BCUT2D eigenvalue weighted by Gasteiger charge is 2.18. The molecule has 0 aliphatic carbocycles. The molecule has 0 saturated carbocycles. The van der Waals surface area contributed by atoms with Gasteiger partial charge in [-0.15, -0.1) is 0 Å². The zero-order valence-electron chi connectivity index (χ0n) is 44.6. The van der Waals surface area contributed by atoms with E-state index in [9.17, 15) is 19.8 Å². The third-order valence-corrected chi connectivity index (χ3v) is 13.3. The van der Waals surface area contributed by atoms with E-state index >= 15 is 0 Å². The molecule has 0 bridgehead atoms. The molecule has 0 aromatic heterocycles. The fraction of sp³-hybridized carbons (Fsp3) is 0.836. The number of hydrogen-bond acceptors (Lipinski definition) is 5. The van der Waals surface area contributed by atoms with Gasteiger partial charge in [-0.25, -0.2) is 0 Å². The minimum Gasteiger partial charge on any atom is -0.466 e. The summed E-state index contributed by atoms with van der Waals surface area (Å²) >= 11 is 0. The Labute approximate surface area is 416 Å². The Morgan fingerprint density at radius 1 is 0.418 bits per heavy atom. The maximum absolute atomic E-state index is 12.4. The molecule has 6 nitrogen and oxygen atoms in total. The molecule has 0 aromatic rings. The molecule has 6 heteroatoms. The van der Waals surface area contributed by atoms with E-state index in [2.05, 4.69) is 55.6 Å². The Kier molecular flexibility index (Phi) is 54.6. The van der Waals surface area contributed by atoms with Crippen LogP contribution in [-0.2, 0) is 14.3 Å². The van der Waals surface area contributed by atoms with Gasteiger partial charge in [-0.05, 0) is 83.5 Å². The largest absolute Gasteiger partial charge is 0.466 e. The number of carbonyl (C=O) groups is 2. The van der Waals surface area contributed by atoms with Crippen molar-refractivity contribution < 1.29 is 24.5 Å². The summed E-state index contributed by atoms with van der Waals surface area (Å²) in [7, 11) is 0. The van der Waals surface area contributed by atoms with Crippen molar-refractivity contribution in [1.29, 1.82) is 0 Å². The molecule has 3 N–H and O–H groups in total. The lowest BCUT2D eigenvalue weighted by Gasteiger charge is -2.20. The average molecular weight is 941 g/mol. The molecule has 0 spiro atoms. The lowest BCUT2D eigenvalue weighted by atomic mass is 10.0. The topological polar surface area (TPSA) is 95.9 Å². The molecule has 2 atom stereocenters. The van der Waals surface area contributed by atoms with Gasteiger partial charge in [-0.1, -0.05) is 255 Å². The number of nitrogens with one attached hydrogen (secondary N) is 1. The summed E-state index contributed by atoms with van der Waals surface area (Å²) < 4.78 is 5.45. The van der Waals surface area contributed by atoms with Gasteiger partial charge in [-0.3, -0.25) is 9.59 Å². The second-order valence-electron chi connectivity index (χ2n) is 20.0. The molecule has 0 rings (SSSR count). The van der Waals surface area contributed by atoms with Gasteiger partial charge in [0.15, 0.2) is 0 Å². The van der Waals surface area contributed by atoms with Crippen LogP contribution in [0.2, 0.25) is 0 Å². The number of aliphatic hydroxyl groups excluding tert-OH is 2. The van der Waals surface area contributed by atoms with Gasteiger partial charge >= 0.3 is 5.97 Å². The molecule has 0 heterocycles. The second kappa shape index (κ2) is 56.4. The first kappa shape index (κ1) is 64.8. The number of amides is 1. The van der Waals surface area contributed by atoms with Crippen molar-refractivity contribution in [2.24, 2.45) is 0 Å². The number of unbranched alkanes of at least 4 members (excludes halogenated alkanes) is 37. The van der Waals surface area contributed by atoms with Crippen LogP contribution in [0.25, 0.3) is 0 Å². The molecule has 1 amide bonds. The Balaban J connectivity index is 3.44. The van der Waals surface area contributed by atoms with Gasteiger partial charge in [0.25, 0.3) is 0 Å². The van der Waals surface area contributed by atoms with Gasteiger partial charge in [0, 0.05) is 12.8 Å². The molecular formula is C61H113NO5.